The zero-order valence-corrected chi connectivity index (χ0v) is 15.8. The van der Waals surface area contributed by atoms with Gasteiger partial charge in [0.2, 0.25) is 0 Å². The van der Waals surface area contributed by atoms with Crippen molar-refractivity contribution >= 4 is 22.7 Å². The molecule has 0 radical (unpaired) electrons. The highest BCUT2D eigenvalue weighted by Gasteiger charge is 2.12. The summed E-state index contributed by atoms with van der Waals surface area (Å²) < 4.78 is 7.49. The Labute approximate surface area is 162 Å². The number of aryl methyl sites for hydroxylation is 2. The molecular weight excluding hydrogens is 354 g/mol. The third-order valence-electron chi connectivity index (χ3n) is 4.69. The van der Waals surface area contributed by atoms with Gasteiger partial charge in [0.1, 0.15) is 17.2 Å². The number of fused-ring (bicyclic) bond motifs is 1. The fourth-order valence-corrected chi connectivity index (χ4v) is 3.27. The molecule has 0 saturated carbocycles. The Hall–Kier alpha value is -3.61. The molecular formula is C21H21N5O2. The molecule has 0 atom stereocenters. The SMILES string of the molecule is Cc1cc(N)nc(C)c1CNC(=O)c1cnn(Cc2cc3ccccc3o2)c1. The van der Waals surface area contributed by atoms with Crippen LogP contribution in [0.3, 0.4) is 0 Å². The summed E-state index contributed by atoms with van der Waals surface area (Å²) in [4.78, 5) is 16.7. The van der Waals surface area contributed by atoms with E-state index in [0.29, 0.717) is 24.5 Å². The van der Waals surface area contributed by atoms with Crippen LogP contribution in [-0.4, -0.2) is 20.7 Å². The average Bonchev–Trinajstić information content (AvgIpc) is 3.27. The molecule has 7 nitrogen and oxygen atoms in total. The number of amides is 1. The maximum absolute atomic E-state index is 12.5. The number of nitrogens with zero attached hydrogens (tertiary/aromatic N) is 3. The van der Waals surface area contributed by atoms with Crippen molar-refractivity contribution in [2.45, 2.75) is 26.9 Å². The number of nitrogen functional groups attached to an aromatic ring is 1. The first-order valence-electron chi connectivity index (χ1n) is 9.00. The molecule has 0 aliphatic carbocycles. The molecule has 0 aliphatic rings. The van der Waals surface area contributed by atoms with Crippen molar-refractivity contribution in [1.82, 2.24) is 20.1 Å². The maximum Gasteiger partial charge on any atom is 0.254 e. The molecule has 0 fully saturated rings. The summed E-state index contributed by atoms with van der Waals surface area (Å²) in [5.41, 5.74) is 9.88. The van der Waals surface area contributed by atoms with E-state index in [4.69, 9.17) is 10.2 Å². The number of furan rings is 1. The standard InChI is InChI=1S/C21H21N5O2/c1-13-7-20(22)25-14(2)18(13)10-23-21(27)16-9-24-26(11-16)12-17-8-15-5-3-4-6-19(15)28-17/h3-9,11H,10,12H2,1-2H3,(H2,22,25)(H,23,27). The van der Waals surface area contributed by atoms with Crippen molar-refractivity contribution in [3.8, 4) is 0 Å². The van der Waals surface area contributed by atoms with E-state index in [1.54, 1.807) is 23.1 Å². The van der Waals surface area contributed by atoms with Gasteiger partial charge in [0.25, 0.3) is 5.91 Å². The second-order valence-corrected chi connectivity index (χ2v) is 6.79. The van der Waals surface area contributed by atoms with E-state index in [0.717, 1.165) is 33.6 Å². The molecule has 1 aromatic carbocycles. The Morgan fingerprint density at radius 2 is 2.07 bits per heavy atom. The van der Waals surface area contributed by atoms with Crippen LogP contribution in [0.25, 0.3) is 11.0 Å². The zero-order valence-electron chi connectivity index (χ0n) is 15.8. The number of carbonyl (C=O) groups is 1. The van der Waals surface area contributed by atoms with Crippen molar-refractivity contribution in [2.75, 3.05) is 5.73 Å². The Balaban J connectivity index is 1.43. The number of benzene rings is 1. The highest BCUT2D eigenvalue weighted by molar-refractivity contribution is 5.93. The highest BCUT2D eigenvalue weighted by Crippen LogP contribution is 2.19. The van der Waals surface area contributed by atoms with Crippen LogP contribution >= 0.6 is 0 Å². The van der Waals surface area contributed by atoms with Gasteiger partial charge in [-0.3, -0.25) is 9.48 Å². The summed E-state index contributed by atoms with van der Waals surface area (Å²) in [5, 5.41) is 8.24. The third kappa shape index (κ3) is 3.59. The van der Waals surface area contributed by atoms with E-state index < -0.39 is 0 Å². The molecule has 142 valence electrons. The second kappa shape index (κ2) is 7.19. The van der Waals surface area contributed by atoms with Gasteiger partial charge in [-0.2, -0.15) is 5.10 Å². The summed E-state index contributed by atoms with van der Waals surface area (Å²) in [6.07, 6.45) is 3.27. The van der Waals surface area contributed by atoms with Crippen LogP contribution in [0, 0.1) is 13.8 Å². The predicted octanol–water partition coefficient (Wildman–Crippen LogP) is 3.20. The molecule has 7 heteroatoms. The van der Waals surface area contributed by atoms with E-state index >= 15 is 0 Å². The Kier molecular flexibility index (Phi) is 4.57. The van der Waals surface area contributed by atoms with Gasteiger partial charge >= 0.3 is 0 Å². The number of hydrogen-bond donors (Lipinski definition) is 2. The van der Waals surface area contributed by atoms with Gasteiger partial charge in [-0.1, -0.05) is 18.2 Å². The number of aromatic nitrogens is 3. The smallest absolute Gasteiger partial charge is 0.254 e. The van der Waals surface area contributed by atoms with E-state index in [2.05, 4.69) is 15.4 Å². The fraction of sp³-hybridized carbons (Fsp3) is 0.190. The Bertz CT molecular complexity index is 1100. The summed E-state index contributed by atoms with van der Waals surface area (Å²) in [6.45, 7) is 4.69. The third-order valence-corrected chi connectivity index (χ3v) is 4.69. The molecule has 4 aromatic rings. The van der Waals surface area contributed by atoms with Crippen molar-refractivity contribution < 1.29 is 9.21 Å². The molecule has 0 aliphatic heterocycles. The lowest BCUT2D eigenvalue weighted by Gasteiger charge is -2.10. The van der Waals surface area contributed by atoms with E-state index in [1.165, 1.54) is 0 Å². The Morgan fingerprint density at radius 3 is 2.86 bits per heavy atom. The van der Waals surface area contributed by atoms with Crippen LogP contribution in [0.5, 0.6) is 0 Å². The predicted molar refractivity (Wildman–Crippen MR) is 107 cm³/mol. The van der Waals surface area contributed by atoms with Crippen LogP contribution in [0.1, 0.15) is 32.9 Å². The fourth-order valence-electron chi connectivity index (χ4n) is 3.27. The lowest BCUT2D eigenvalue weighted by Crippen LogP contribution is -2.23. The number of hydrogen-bond acceptors (Lipinski definition) is 5. The lowest BCUT2D eigenvalue weighted by molar-refractivity contribution is 0.0950. The first-order valence-corrected chi connectivity index (χ1v) is 9.00. The molecule has 0 unspecified atom stereocenters. The Morgan fingerprint density at radius 1 is 1.25 bits per heavy atom. The molecule has 28 heavy (non-hydrogen) atoms. The van der Waals surface area contributed by atoms with Gasteiger partial charge in [-0.25, -0.2) is 4.98 Å². The van der Waals surface area contributed by atoms with Gasteiger partial charge in [-0.05, 0) is 43.2 Å². The van der Waals surface area contributed by atoms with Gasteiger partial charge in [0.05, 0.1) is 18.3 Å². The van der Waals surface area contributed by atoms with Crippen molar-refractivity contribution in [1.29, 1.82) is 0 Å². The lowest BCUT2D eigenvalue weighted by atomic mass is 10.1. The van der Waals surface area contributed by atoms with E-state index in [1.807, 2.05) is 44.2 Å². The highest BCUT2D eigenvalue weighted by atomic mass is 16.3. The van der Waals surface area contributed by atoms with Crippen LogP contribution in [0.4, 0.5) is 5.82 Å². The molecule has 3 heterocycles. The minimum absolute atomic E-state index is 0.188. The number of rotatable bonds is 5. The monoisotopic (exact) mass is 375 g/mol. The second-order valence-electron chi connectivity index (χ2n) is 6.79. The number of nitrogens with two attached hydrogens (primary N) is 1. The van der Waals surface area contributed by atoms with Crippen LogP contribution in [-0.2, 0) is 13.1 Å². The first kappa shape index (κ1) is 17.8. The molecule has 0 saturated heterocycles. The van der Waals surface area contributed by atoms with Crippen LogP contribution in [0.15, 0.2) is 53.2 Å². The van der Waals surface area contributed by atoms with Crippen molar-refractivity contribution in [3.63, 3.8) is 0 Å². The molecule has 4 rings (SSSR count). The quantitative estimate of drug-likeness (QED) is 0.558. The average molecular weight is 375 g/mol. The summed E-state index contributed by atoms with van der Waals surface area (Å²) in [7, 11) is 0. The number of pyridine rings is 1. The van der Waals surface area contributed by atoms with Crippen LogP contribution in [0.2, 0.25) is 0 Å². The minimum Gasteiger partial charge on any atom is -0.459 e. The molecule has 1 amide bonds. The normalized spacial score (nSPS) is 11.1. The summed E-state index contributed by atoms with van der Waals surface area (Å²) >= 11 is 0. The minimum atomic E-state index is -0.188. The van der Waals surface area contributed by atoms with Gasteiger partial charge in [0, 0.05) is 23.8 Å². The molecule has 0 bridgehead atoms. The molecule has 3 aromatic heterocycles. The topological polar surface area (TPSA) is 99.0 Å². The molecule has 0 spiro atoms. The van der Waals surface area contributed by atoms with Gasteiger partial charge < -0.3 is 15.5 Å². The van der Waals surface area contributed by atoms with E-state index in [9.17, 15) is 4.79 Å². The van der Waals surface area contributed by atoms with Crippen LogP contribution < -0.4 is 11.1 Å². The maximum atomic E-state index is 12.5. The largest absolute Gasteiger partial charge is 0.459 e. The summed E-state index contributed by atoms with van der Waals surface area (Å²) in [5.74, 6) is 1.08. The van der Waals surface area contributed by atoms with Crippen molar-refractivity contribution in [3.05, 3.63) is 76.9 Å². The van der Waals surface area contributed by atoms with Crippen molar-refractivity contribution in [2.24, 2.45) is 0 Å². The number of anilines is 1. The zero-order chi connectivity index (χ0) is 19.7. The summed E-state index contributed by atoms with van der Waals surface area (Å²) in [6, 6.07) is 11.6. The molecule has 3 N–H and O–H groups in total. The first-order chi connectivity index (χ1) is 13.5. The number of nitrogens with one attached hydrogen (secondary N) is 1. The van der Waals surface area contributed by atoms with Gasteiger partial charge in [-0.15, -0.1) is 0 Å². The number of carbonyl (C=O) groups excluding carboxylic acids is 1. The van der Waals surface area contributed by atoms with Gasteiger partial charge in [0.15, 0.2) is 0 Å². The van der Waals surface area contributed by atoms with E-state index in [-0.39, 0.29) is 5.91 Å². The number of para-hydroxylation sites is 1.